The molecule has 0 spiro atoms. The number of nitrogens with one attached hydrogen (secondary N) is 1. The van der Waals surface area contributed by atoms with E-state index in [-0.39, 0.29) is 49.5 Å². The summed E-state index contributed by atoms with van der Waals surface area (Å²) in [7, 11) is -7.60. The molecule has 1 aliphatic rings. The van der Waals surface area contributed by atoms with Crippen molar-refractivity contribution in [3.05, 3.63) is 56.5 Å². The van der Waals surface area contributed by atoms with Crippen molar-refractivity contribution < 1.29 is 16.8 Å². The first kappa shape index (κ1) is 25.0. The maximum atomic E-state index is 12.9. The van der Waals surface area contributed by atoms with Crippen molar-refractivity contribution in [3.8, 4) is 0 Å². The highest BCUT2D eigenvalue weighted by molar-refractivity contribution is 7.89. The summed E-state index contributed by atoms with van der Waals surface area (Å²) in [6, 6.07) is 8.53. The van der Waals surface area contributed by atoms with Gasteiger partial charge in [0.05, 0.1) is 10.0 Å². The van der Waals surface area contributed by atoms with Gasteiger partial charge in [-0.3, -0.25) is 4.90 Å². The zero-order chi connectivity index (χ0) is 22.8. The molecule has 2 aromatic carbocycles. The Morgan fingerprint density at radius 1 is 0.774 bits per heavy atom. The molecule has 3 rings (SSSR count). The fourth-order valence-corrected chi connectivity index (χ4v) is 7.05. The second-order valence-electron chi connectivity index (χ2n) is 6.79. The van der Waals surface area contributed by atoms with Crippen LogP contribution in [0.25, 0.3) is 0 Å². The number of piperazine rings is 1. The highest BCUT2D eigenvalue weighted by atomic mass is 35.5. The predicted octanol–water partition coefficient (Wildman–Crippen LogP) is 3.59. The van der Waals surface area contributed by atoms with E-state index in [1.54, 1.807) is 0 Å². The van der Waals surface area contributed by atoms with E-state index in [4.69, 9.17) is 46.4 Å². The van der Waals surface area contributed by atoms with Crippen molar-refractivity contribution in [1.29, 1.82) is 0 Å². The lowest BCUT2D eigenvalue weighted by Gasteiger charge is -2.34. The van der Waals surface area contributed by atoms with E-state index >= 15 is 0 Å². The number of rotatable bonds is 7. The molecular weight excluding hydrogens is 528 g/mol. The van der Waals surface area contributed by atoms with Crippen LogP contribution in [0.4, 0.5) is 0 Å². The summed E-state index contributed by atoms with van der Waals surface area (Å²) in [4.78, 5) is 1.85. The zero-order valence-corrected chi connectivity index (χ0v) is 20.7. The second kappa shape index (κ2) is 10.1. The van der Waals surface area contributed by atoms with Crippen molar-refractivity contribution in [2.24, 2.45) is 0 Å². The van der Waals surface area contributed by atoms with Crippen LogP contribution in [0.15, 0.2) is 46.2 Å². The molecule has 0 bridgehead atoms. The Kier molecular flexibility index (Phi) is 8.16. The van der Waals surface area contributed by atoms with Gasteiger partial charge in [-0.15, -0.1) is 0 Å². The zero-order valence-electron chi connectivity index (χ0n) is 16.1. The summed E-state index contributed by atoms with van der Waals surface area (Å²) in [5.41, 5.74) is 0. The van der Waals surface area contributed by atoms with E-state index in [1.165, 1.54) is 40.7 Å². The number of halogens is 4. The standard InChI is InChI=1S/C18H19Cl4N3O4S2/c19-13-1-3-15(21)17(11-13)30(26,27)23-5-6-24-7-9-25(10-8-24)31(28,29)18-12-14(20)2-4-16(18)22/h1-4,11-12,23H,5-10H2. The van der Waals surface area contributed by atoms with Crippen LogP contribution in [-0.2, 0) is 20.0 Å². The fourth-order valence-electron chi connectivity index (χ4n) is 3.11. The maximum absolute atomic E-state index is 12.9. The second-order valence-corrected chi connectivity index (χ2v) is 12.1. The molecule has 2 aromatic rings. The number of sulfonamides is 2. The molecule has 1 saturated heterocycles. The third-order valence-electron chi connectivity index (χ3n) is 4.75. The van der Waals surface area contributed by atoms with Crippen LogP contribution < -0.4 is 4.72 Å². The van der Waals surface area contributed by atoms with Crippen LogP contribution in [0.2, 0.25) is 20.1 Å². The van der Waals surface area contributed by atoms with Crippen LogP contribution in [0, 0.1) is 0 Å². The minimum absolute atomic E-state index is 0.0266. The molecule has 1 N–H and O–H groups in total. The van der Waals surface area contributed by atoms with Gasteiger partial charge in [0.15, 0.2) is 0 Å². The van der Waals surface area contributed by atoms with E-state index < -0.39 is 20.0 Å². The number of nitrogens with zero attached hydrogens (tertiary/aromatic N) is 2. The lowest BCUT2D eigenvalue weighted by atomic mass is 10.3. The minimum Gasteiger partial charge on any atom is -0.299 e. The predicted molar refractivity (Wildman–Crippen MR) is 123 cm³/mol. The Morgan fingerprint density at radius 2 is 1.29 bits per heavy atom. The third kappa shape index (κ3) is 6.04. The molecule has 7 nitrogen and oxygen atoms in total. The summed E-state index contributed by atoms with van der Waals surface area (Å²) in [6.07, 6.45) is 0. The van der Waals surface area contributed by atoms with Gasteiger partial charge in [0, 0.05) is 49.3 Å². The highest BCUT2D eigenvalue weighted by Crippen LogP contribution is 2.28. The van der Waals surface area contributed by atoms with Gasteiger partial charge >= 0.3 is 0 Å². The Labute approximate surface area is 201 Å². The van der Waals surface area contributed by atoms with Crippen LogP contribution >= 0.6 is 46.4 Å². The van der Waals surface area contributed by atoms with Gasteiger partial charge in [0.2, 0.25) is 20.0 Å². The molecule has 31 heavy (non-hydrogen) atoms. The molecule has 0 atom stereocenters. The SMILES string of the molecule is O=S(=O)(NCCN1CCN(S(=O)(=O)c2cc(Cl)ccc2Cl)CC1)c1cc(Cl)ccc1Cl. The molecule has 0 aromatic heterocycles. The van der Waals surface area contributed by atoms with Gasteiger partial charge in [-0.05, 0) is 36.4 Å². The molecule has 0 radical (unpaired) electrons. The summed E-state index contributed by atoms with van der Waals surface area (Å²) < 4.78 is 54.5. The number of benzene rings is 2. The van der Waals surface area contributed by atoms with Crippen molar-refractivity contribution in [2.45, 2.75) is 9.79 Å². The van der Waals surface area contributed by atoms with Gasteiger partial charge < -0.3 is 0 Å². The number of hydrogen-bond acceptors (Lipinski definition) is 5. The molecule has 1 fully saturated rings. The van der Waals surface area contributed by atoms with Crippen molar-refractivity contribution >= 4 is 66.5 Å². The van der Waals surface area contributed by atoms with Gasteiger partial charge in [0.25, 0.3) is 0 Å². The summed E-state index contributed by atoms with van der Waals surface area (Å²) in [5.74, 6) is 0. The van der Waals surface area contributed by atoms with Crippen molar-refractivity contribution in [3.63, 3.8) is 0 Å². The maximum Gasteiger partial charge on any atom is 0.244 e. The monoisotopic (exact) mass is 545 g/mol. The van der Waals surface area contributed by atoms with Crippen LogP contribution in [0.1, 0.15) is 0 Å². The third-order valence-corrected chi connectivity index (χ3v) is 9.54. The first-order valence-electron chi connectivity index (χ1n) is 9.13. The summed E-state index contributed by atoms with van der Waals surface area (Å²) >= 11 is 23.8. The molecular formula is C18H19Cl4N3O4S2. The lowest BCUT2D eigenvalue weighted by molar-refractivity contribution is 0.191. The van der Waals surface area contributed by atoms with Gasteiger partial charge in [-0.25, -0.2) is 21.6 Å². The van der Waals surface area contributed by atoms with Gasteiger partial charge in [-0.2, -0.15) is 4.31 Å². The molecule has 0 saturated carbocycles. The number of hydrogen-bond donors (Lipinski definition) is 1. The van der Waals surface area contributed by atoms with Crippen LogP contribution in [0.5, 0.6) is 0 Å². The minimum atomic E-state index is -3.82. The van der Waals surface area contributed by atoms with Gasteiger partial charge in [0.1, 0.15) is 9.79 Å². The highest BCUT2D eigenvalue weighted by Gasteiger charge is 2.30. The average Bonchev–Trinajstić information content (AvgIpc) is 2.71. The topological polar surface area (TPSA) is 86.8 Å². The first-order chi connectivity index (χ1) is 14.5. The molecule has 1 aliphatic heterocycles. The molecule has 1 heterocycles. The first-order valence-corrected chi connectivity index (χ1v) is 13.6. The summed E-state index contributed by atoms with van der Waals surface area (Å²) in [6.45, 7) is 1.92. The largest absolute Gasteiger partial charge is 0.299 e. The van der Waals surface area contributed by atoms with E-state index in [2.05, 4.69) is 4.72 Å². The Balaban J connectivity index is 1.56. The normalized spacial score (nSPS) is 16.5. The van der Waals surface area contributed by atoms with Crippen molar-refractivity contribution in [1.82, 2.24) is 13.9 Å². The molecule has 170 valence electrons. The van der Waals surface area contributed by atoms with Crippen LogP contribution in [0.3, 0.4) is 0 Å². The molecule has 0 aliphatic carbocycles. The fraction of sp³-hybridized carbons (Fsp3) is 0.333. The Bertz CT molecular complexity index is 1170. The smallest absolute Gasteiger partial charge is 0.244 e. The lowest BCUT2D eigenvalue weighted by Crippen LogP contribution is -2.50. The quantitative estimate of drug-likeness (QED) is 0.573. The van der Waals surface area contributed by atoms with Gasteiger partial charge in [-0.1, -0.05) is 46.4 Å². The molecule has 0 unspecified atom stereocenters. The van der Waals surface area contributed by atoms with Crippen LogP contribution in [-0.4, -0.2) is 65.3 Å². The summed E-state index contributed by atoms with van der Waals surface area (Å²) in [5, 5.41) is 0.743. The Morgan fingerprint density at radius 3 is 1.87 bits per heavy atom. The van der Waals surface area contributed by atoms with E-state index in [9.17, 15) is 16.8 Å². The Hall–Kier alpha value is -0.620. The van der Waals surface area contributed by atoms with E-state index in [1.807, 2.05) is 4.90 Å². The van der Waals surface area contributed by atoms with Crippen molar-refractivity contribution in [2.75, 3.05) is 39.3 Å². The van der Waals surface area contributed by atoms with E-state index in [0.29, 0.717) is 19.6 Å². The molecule has 13 heteroatoms. The average molecular weight is 547 g/mol. The molecule has 0 amide bonds. The van der Waals surface area contributed by atoms with E-state index in [0.717, 1.165) is 0 Å².